The van der Waals surface area contributed by atoms with Crippen molar-refractivity contribution in [1.29, 1.82) is 0 Å². The second kappa shape index (κ2) is 6.69. The minimum absolute atomic E-state index is 0.00701. The van der Waals surface area contributed by atoms with E-state index >= 15 is 0 Å². The number of pyridine rings is 1. The topological polar surface area (TPSA) is 110 Å². The quantitative estimate of drug-likeness (QED) is 0.632. The number of anilines is 1. The zero-order valence-corrected chi connectivity index (χ0v) is 12.8. The van der Waals surface area contributed by atoms with E-state index in [9.17, 15) is 10.1 Å². The van der Waals surface area contributed by atoms with Crippen LogP contribution in [0.5, 0.6) is 0 Å². The molecule has 0 bridgehead atoms. The molecule has 23 heavy (non-hydrogen) atoms. The largest absolute Gasteiger partial charge is 0.366 e. The Hall–Kier alpha value is -2.55. The number of hydrogen-bond donors (Lipinski definition) is 1. The van der Waals surface area contributed by atoms with E-state index in [1.165, 1.54) is 12.3 Å². The maximum absolute atomic E-state index is 10.6. The van der Waals surface area contributed by atoms with Gasteiger partial charge in [-0.05, 0) is 12.5 Å². The fourth-order valence-electron chi connectivity index (χ4n) is 2.58. The summed E-state index contributed by atoms with van der Waals surface area (Å²) in [5.74, 6) is 2.01. The van der Waals surface area contributed by atoms with Crippen LogP contribution >= 0.6 is 0 Å². The minimum atomic E-state index is -0.455. The molecule has 1 N–H and O–H groups in total. The third-order valence-electron chi connectivity index (χ3n) is 3.76. The average Bonchev–Trinajstić information content (AvgIpc) is 3.17. The summed E-state index contributed by atoms with van der Waals surface area (Å²) >= 11 is 0. The molecule has 2 aromatic heterocycles. The summed E-state index contributed by atoms with van der Waals surface area (Å²) in [6, 6.07) is 3.34. The molecule has 1 aliphatic rings. The molecule has 0 aromatic carbocycles. The molecule has 0 radical (unpaired) electrons. The third kappa shape index (κ3) is 3.81. The van der Waals surface area contributed by atoms with E-state index in [4.69, 9.17) is 4.52 Å². The highest BCUT2D eigenvalue weighted by atomic mass is 16.6. The second-order valence-corrected chi connectivity index (χ2v) is 5.48. The van der Waals surface area contributed by atoms with E-state index in [0.717, 1.165) is 25.9 Å². The number of nitrogens with zero attached hydrogens (tertiary/aromatic N) is 5. The first-order valence-corrected chi connectivity index (χ1v) is 7.55. The van der Waals surface area contributed by atoms with Crippen molar-refractivity contribution in [3.8, 4) is 0 Å². The lowest BCUT2D eigenvalue weighted by Crippen LogP contribution is -2.26. The Balaban J connectivity index is 1.52. The van der Waals surface area contributed by atoms with Crippen molar-refractivity contribution in [2.24, 2.45) is 0 Å². The summed E-state index contributed by atoms with van der Waals surface area (Å²) in [7, 11) is 0. The van der Waals surface area contributed by atoms with Gasteiger partial charge in [0.15, 0.2) is 5.82 Å². The summed E-state index contributed by atoms with van der Waals surface area (Å²) in [5, 5.41) is 17.9. The predicted octanol–water partition coefficient (Wildman–Crippen LogP) is 1.62. The molecule has 3 rings (SSSR count). The monoisotopic (exact) mass is 318 g/mol. The molecule has 0 unspecified atom stereocenters. The zero-order chi connectivity index (χ0) is 16.2. The number of likely N-dealkylation sites (tertiary alicyclic amines) is 1. The van der Waals surface area contributed by atoms with Crippen molar-refractivity contribution in [1.82, 2.24) is 20.0 Å². The molecule has 1 atom stereocenters. The van der Waals surface area contributed by atoms with Gasteiger partial charge in [0.1, 0.15) is 12.0 Å². The molecule has 3 heterocycles. The Morgan fingerprint density at radius 1 is 1.52 bits per heavy atom. The van der Waals surface area contributed by atoms with Crippen molar-refractivity contribution >= 4 is 11.5 Å². The number of nitrogens with one attached hydrogen (secondary N) is 1. The van der Waals surface area contributed by atoms with Crippen molar-refractivity contribution in [2.75, 3.05) is 18.4 Å². The lowest BCUT2D eigenvalue weighted by atomic mass is 10.2. The maximum atomic E-state index is 10.6. The van der Waals surface area contributed by atoms with Crippen LogP contribution in [0.2, 0.25) is 0 Å². The van der Waals surface area contributed by atoms with E-state index in [1.807, 2.05) is 6.92 Å². The van der Waals surface area contributed by atoms with Gasteiger partial charge in [-0.1, -0.05) is 12.1 Å². The fourth-order valence-corrected chi connectivity index (χ4v) is 2.58. The standard InChI is InChI=1S/C14H18N6O3/c1-2-14-17-13(18-23-14)9-19-6-5-10(8-19)16-12-4-3-11(7-15-12)20(21)22/h3-4,7,10H,2,5-6,8-9H2,1H3,(H,15,16)/t10-/m0/s1. The number of rotatable bonds is 6. The van der Waals surface area contributed by atoms with E-state index in [1.54, 1.807) is 6.07 Å². The normalized spacial score (nSPS) is 18.2. The van der Waals surface area contributed by atoms with Gasteiger partial charge >= 0.3 is 0 Å². The second-order valence-electron chi connectivity index (χ2n) is 5.48. The summed E-state index contributed by atoms with van der Waals surface area (Å²) in [5.41, 5.74) is -0.00701. The number of nitro groups is 1. The molecule has 0 spiro atoms. The van der Waals surface area contributed by atoms with Gasteiger partial charge in [-0.25, -0.2) is 4.98 Å². The molecular weight excluding hydrogens is 300 g/mol. The Bertz CT molecular complexity index is 671. The van der Waals surface area contributed by atoms with Gasteiger partial charge in [-0.3, -0.25) is 15.0 Å². The van der Waals surface area contributed by atoms with Crippen molar-refractivity contribution in [3.63, 3.8) is 0 Å². The van der Waals surface area contributed by atoms with Gasteiger partial charge in [0.2, 0.25) is 5.89 Å². The van der Waals surface area contributed by atoms with Crippen LogP contribution in [-0.4, -0.2) is 44.1 Å². The first-order chi connectivity index (χ1) is 11.1. The van der Waals surface area contributed by atoms with Gasteiger partial charge in [-0.2, -0.15) is 4.98 Å². The molecule has 0 aliphatic carbocycles. The minimum Gasteiger partial charge on any atom is -0.366 e. The summed E-state index contributed by atoms with van der Waals surface area (Å²) in [4.78, 5) is 20.8. The van der Waals surface area contributed by atoms with Crippen LogP contribution in [0.15, 0.2) is 22.9 Å². The molecule has 1 saturated heterocycles. The molecule has 0 saturated carbocycles. The average molecular weight is 318 g/mol. The molecular formula is C14H18N6O3. The first kappa shape index (κ1) is 15.3. The third-order valence-corrected chi connectivity index (χ3v) is 3.76. The number of hydrogen-bond acceptors (Lipinski definition) is 8. The lowest BCUT2D eigenvalue weighted by molar-refractivity contribution is -0.385. The van der Waals surface area contributed by atoms with Crippen molar-refractivity contribution in [2.45, 2.75) is 32.4 Å². The van der Waals surface area contributed by atoms with Crippen LogP contribution < -0.4 is 5.32 Å². The van der Waals surface area contributed by atoms with Crippen LogP contribution in [0.3, 0.4) is 0 Å². The summed E-state index contributed by atoms with van der Waals surface area (Å²) < 4.78 is 5.11. The molecule has 0 amide bonds. The Morgan fingerprint density at radius 2 is 2.39 bits per heavy atom. The molecule has 1 fully saturated rings. The first-order valence-electron chi connectivity index (χ1n) is 7.55. The highest BCUT2D eigenvalue weighted by Crippen LogP contribution is 2.18. The SMILES string of the molecule is CCc1nc(CN2CC[C@H](Nc3ccc([N+](=O)[O-])cn3)C2)no1. The van der Waals surface area contributed by atoms with Gasteiger partial charge in [-0.15, -0.1) is 0 Å². The van der Waals surface area contributed by atoms with Crippen LogP contribution in [0.1, 0.15) is 25.1 Å². The van der Waals surface area contributed by atoms with Gasteiger partial charge in [0.05, 0.1) is 11.5 Å². The van der Waals surface area contributed by atoms with Gasteiger partial charge in [0, 0.05) is 31.6 Å². The summed E-state index contributed by atoms with van der Waals surface area (Å²) in [6.07, 6.45) is 2.97. The zero-order valence-electron chi connectivity index (χ0n) is 12.8. The molecule has 2 aromatic rings. The van der Waals surface area contributed by atoms with Gasteiger partial charge in [0.25, 0.3) is 5.69 Å². The maximum Gasteiger partial charge on any atom is 0.287 e. The Labute approximate surface area is 132 Å². The lowest BCUT2D eigenvalue weighted by Gasteiger charge is -2.15. The van der Waals surface area contributed by atoms with Crippen LogP contribution in [0, 0.1) is 10.1 Å². The molecule has 1 aliphatic heterocycles. The van der Waals surface area contributed by atoms with E-state index in [2.05, 4.69) is 25.3 Å². The Morgan fingerprint density at radius 3 is 3.04 bits per heavy atom. The Kier molecular flexibility index (Phi) is 4.47. The van der Waals surface area contributed by atoms with E-state index in [0.29, 0.717) is 24.1 Å². The van der Waals surface area contributed by atoms with Crippen molar-refractivity contribution < 1.29 is 9.45 Å². The summed E-state index contributed by atoms with van der Waals surface area (Å²) in [6.45, 7) is 4.41. The van der Waals surface area contributed by atoms with Crippen LogP contribution in [0.4, 0.5) is 11.5 Å². The van der Waals surface area contributed by atoms with Crippen LogP contribution in [0.25, 0.3) is 0 Å². The van der Waals surface area contributed by atoms with E-state index in [-0.39, 0.29) is 11.7 Å². The van der Waals surface area contributed by atoms with Gasteiger partial charge < -0.3 is 9.84 Å². The molecule has 9 nitrogen and oxygen atoms in total. The fraction of sp³-hybridized carbons (Fsp3) is 0.500. The molecule has 9 heteroatoms. The smallest absolute Gasteiger partial charge is 0.287 e. The number of aryl methyl sites for hydroxylation is 1. The van der Waals surface area contributed by atoms with E-state index < -0.39 is 4.92 Å². The highest BCUT2D eigenvalue weighted by molar-refractivity contribution is 5.41. The highest BCUT2D eigenvalue weighted by Gasteiger charge is 2.24. The predicted molar refractivity (Wildman–Crippen MR) is 81.9 cm³/mol. The van der Waals surface area contributed by atoms with Crippen LogP contribution in [-0.2, 0) is 13.0 Å². The number of aromatic nitrogens is 3. The van der Waals surface area contributed by atoms with Crippen molar-refractivity contribution in [3.05, 3.63) is 40.2 Å². The molecule has 122 valence electrons.